The van der Waals surface area contributed by atoms with E-state index in [1.54, 1.807) is 14.2 Å². The first-order valence-corrected chi connectivity index (χ1v) is 11.5. The van der Waals surface area contributed by atoms with Crippen molar-refractivity contribution in [3.8, 4) is 0 Å². The first kappa shape index (κ1) is 23.6. The highest BCUT2D eigenvalue weighted by molar-refractivity contribution is 6.77. The van der Waals surface area contributed by atoms with Gasteiger partial charge in [-0.2, -0.15) is 0 Å². The molecule has 154 valence electrons. The third kappa shape index (κ3) is 3.76. The van der Waals surface area contributed by atoms with Crippen molar-refractivity contribution in [3.05, 3.63) is 25.3 Å². The molecular weight excluding hydrogens is 364 g/mol. The van der Waals surface area contributed by atoms with Crippen molar-refractivity contribution in [2.45, 2.75) is 56.5 Å². The molecule has 0 spiro atoms. The molecule has 1 aliphatic rings. The molecule has 27 heavy (non-hydrogen) atoms. The summed E-state index contributed by atoms with van der Waals surface area (Å²) in [6.45, 7) is 11.3. The summed E-state index contributed by atoms with van der Waals surface area (Å²) in [5.74, 6) is -0.661. The molecule has 1 rings (SSSR count). The molecule has 0 bridgehead atoms. The van der Waals surface area contributed by atoms with Gasteiger partial charge in [0.1, 0.15) is 5.60 Å². The van der Waals surface area contributed by atoms with E-state index in [1.807, 2.05) is 0 Å². The fraction of sp³-hybridized carbons (Fsp3) is 0.684. The van der Waals surface area contributed by atoms with Crippen LogP contribution in [-0.4, -0.2) is 52.6 Å². The quantitative estimate of drug-likeness (QED) is 0.335. The summed E-state index contributed by atoms with van der Waals surface area (Å²) in [4.78, 5) is 27.8. The van der Waals surface area contributed by atoms with Gasteiger partial charge in [0, 0.05) is 21.3 Å². The number of nitrogens with one attached hydrogen (secondary N) is 2. The number of hydrogen-bond acceptors (Lipinski definition) is 5. The van der Waals surface area contributed by atoms with Crippen molar-refractivity contribution in [2.24, 2.45) is 5.92 Å². The van der Waals surface area contributed by atoms with Crippen LogP contribution in [0, 0.1) is 5.92 Å². The maximum atomic E-state index is 12.5. The van der Waals surface area contributed by atoms with Gasteiger partial charge in [-0.15, -0.1) is 0 Å². The molecule has 1 aliphatic heterocycles. The van der Waals surface area contributed by atoms with Crippen LogP contribution in [0.15, 0.2) is 25.3 Å². The van der Waals surface area contributed by atoms with Crippen LogP contribution in [0.1, 0.15) is 39.5 Å². The van der Waals surface area contributed by atoms with Crippen LogP contribution in [-0.2, 0) is 23.5 Å². The second-order valence-electron chi connectivity index (χ2n) is 6.79. The lowest BCUT2D eigenvalue weighted by atomic mass is 9.77. The van der Waals surface area contributed by atoms with Crippen molar-refractivity contribution >= 4 is 20.3 Å². The van der Waals surface area contributed by atoms with Gasteiger partial charge in [0.2, 0.25) is 17.2 Å². The maximum absolute atomic E-state index is 12.5. The largest absolute Gasteiger partial charge is 0.399 e. The van der Waals surface area contributed by atoms with Crippen molar-refractivity contribution in [1.82, 2.24) is 10.3 Å². The molecule has 0 saturated carbocycles. The Kier molecular flexibility index (Phi) is 8.40. The topological polar surface area (TPSA) is 85.9 Å². The highest BCUT2D eigenvalue weighted by atomic mass is 28.4. The Morgan fingerprint density at radius 3 is 2.19 bits per heavy atom. The number of hydrogen-bond donors (Lipinski definition) is 2. The highest BCUT2D eigenvalue weighted by Crippen LogP contribution is 2.51. The lowest BCUT2D eigenvalue weighted by Crippen LogP contribution is -2.88. The van der Waals surface area contributed by atoms with E-state index < -0.39 is 25.3 Å². The zero-order valence-corrected chi connectivity index (χ0v) is 18.2. The van der Waals surface area contributed by atoms with Crippen molar-refractivity contribution in [1.29, 1.82) is 0 Å². The zero-order chi connectivity index (χ0) is 20.7. The lowest BCUT2D eigenvalue weighted by molar-refractivity contribution is -0.210. The molecule has 4 unspecified atom stereocenters. The summed E-state index contributed by atoms with van der Waals surface area (Å²) in [6.07, 6.45) is 5.46. The first-order valence-electron chi connectivity index (χ1n) is 9.37. The summed E-state index contributed by atoms with van der Waals surface area (Å²) in [6, 6.07) is 0.571. The zero-order valence-electron chi connectivity index (χ0n) is 17.2. The van der Waals surface area contributed by atoms with Crippen LogP contribution in [0.2, 0.25) is 6.04 Å². The van der Waals surface area contributed by atoms with Gasteiger partial charge in [0.15, 0.2) is 0 Å². The maximum Gasteiger partial charge on any atom is 0.358 e. The third-order valence-electron chi connectivity index (χ3n) is 5.80. The summed E-state index contributed by atoms with van der Waals surface area (Å²) in [7, 11) is 1.44. The van der Waals surface area contributed by atoms with E-state index in [4.69, 9.17) is 13.9 Å². The fourth-order valence-corrected chi connectivity index (χ4v) is 8.90. The van der Waals surface area contributed by atoms with Crippen molar-refractivity contribution in [3.63, 3.8) is 0 Å². The van der Waals surface area contributed by atoms with Gasteiger partial charge in [-0.3, -0.25) is 9.59 Å². The van der Waals surface area contributed by atoms with Gasteiger partial charge in [-0.05, 0) is 37.0 Å². The van der Waals surface area contributed by atoms with E-state index in [9.17, 15) is 9.59 Å². The molecule has 8 heteroatoms. The normalized spacial score (nSPS) is 33.1. The second kappa shape index (κ2) is 9.63. The molecule has 2 N–H and O–H groups in total. The molecule has 7 nitrogen and oxygen atoms in total. The fourth-order valence-electron chi connectivity index (χ4n) is 4.63. The van der Waals surface area contributed by atoms with Gasteiger partial charge < -0.3 is 24.2 Å². The molecular formula is C19H34N2O5Si. The average molecular weight is 399 g/mol. The standard InChI is InChI=1S/C19H34N2O5Si/c1-8-13-18(24-5)15(9-2)12-14-27(26-7,21-17(23)11-4)19(18,25-6)20-16(22)10-3/h10-11,15H,3-4,8-9,12-14H2,1-2,5-7H3,(H,20,22)(H,21,23). The molecule has 0 aromatic heterocycles. The van der Waals surface area contributed by atoms with Gasteiger partial charge in [-0.25, -0.2) is 0 Å². The van der Waals surface area contributed by atoms with Crippen molar-refractivity contribution in [2.75, 3.05) is 21.3 Å². The molecule has 0 aromatic rings. The van der Waals surface area contributed by atoms with Gasteiger partial charge in [-0.1, -0.05) is 39.8 Å². The number of rotatable bonds is 10. The van der Waals surface area contributed by atoms with Crippen LogP contribution in [0.3, 0.4) is 0 Å². The number of ether oxygens (including phenoxy) is 2. The predicted octanol–water partition coefficient (Wildman–Crippen LogP) is 2.18. The van der Waals surface area contributed by atoms with Crippen molar-refractivity contribution < 1.29 is 23.5 Å². The second-order valence-corrected chi connectivity index (χ2v) is 10.3. The van der Waals surface area contributed by atoms with E-state index in [1.165, 1.54) is 19.3 Å². The van der Waals surface area contributed by atoms with Gasteiger partial charge >= 0.3 is 8.48 Å². The number of amides is 2. The molecule has 4 atom stereocenters. The van der Waals surface area contributed by atoms with E-state index in [-0.39, 0.29) is 11.8 Å². The third-order valence-corrected chi connectivity index (χ3v) is 10.0. The molecule has 1 heterocycles. The Labute approximate surface area is 163 Å². The number of carbonyl (C=O) groups excluding carboxylic acids is 2. The molecule has 0 radical (unpaired) electrons. The van der Waals surface area contributed by atoms with E-state index in [2.05, 4.69) is 37.3 Å². The summed E-state index contributed by atoms with van der Waals surface area (Å²) < 4.78 is 18.2. The summed E-state index contributed by atoms with van der Waals surface area (Å²) >= 11 is 0. The summed E-state index contributed by atoms with van der Waals surface area (Å²) in [5, 5.41) is 1.65. The van der Waals surface area contributed by atoms with E-state index in [0.717, 1.165) is 19.3 Å². The van der Waals surface area contributed by atoms with Gasteiger partial charge in [0.05, 0.1) is 0 Å². The van der Waals surface area contributed by atoms with E-state index in [0.29, 0.717) is 12.5 Å². The lowest BCUT2D eigenvalue weighted by Gasteiger charge is -2.61. The Morgan fingerprint density at radius 2 is 1.78 bits per heavy atom. The average Bonchev–Trinajstić information content (AvgIpc) is 2.69. The summed E-state index contributed by atoms with van der Waals surface area (Å²) in [5.41, 5.74) is -0.862. The predicted molar refractivity (Wildman–Crippen MR) is 107 cm³/mol. The minimum atomic E-state index is -3.25. The monoisotopic (exact) mass is 398 g/mol. The number of carbonyl (C=O) groups is 2. The molecule has 1 saturated heterocycles. The Hall–Kier alpha value is -1.48. The Morgan fingerprint density at radius 1 is 1.15 bits per heavy atom. The molecule has 0 aliphatic carbocycles. The van der Waals surface area contributed by atoms with Crippen LogP contribution < -0.4 is 10.3 Å². The van der Waals surface area contributed by atoms with E-state index >= 15 is 0 Å². The highest BCUT2D eigenvalue weighted by Gasteiger charge is 2.73. The Balaban J connectivity index is 3.80. The van der Waals surface area contributed by atoms with Crippen LogP contribution in [0.25, 0.3) is 0 Å². The Bertz CT molecular complexity index is 572. The van der Waals surface area contributed by atoms with Crippen LogP contribution in [0.5, 0.6) is 0 Å². The molecule has 0 aromatic carbocycles. The minimum absolute atomic E-state index is 0.115. The SMILES string of the molecule is C=CC(=O)NC1(OC)C(CCC)(OC)C(CC)CC[Si]1(NC(=O)C=C)OC. The van der Waals surface area contributed by atoms with Gasteiger partial charge in [0.25, 0.3) is 0 Å². The number of methoxy groups -OCH3 is 2. The molecule has 1 fully saturated rings. The smallest absolute Gasteiger partial charge is 0.358 e. The van der Waals surface area contributed by atoms with Crippen LogP contribution >= 0.6 is 0 Å². The molecule has 2 amide bonds. The minimum Gasteiger partial charge on any atom is -0.399 e. The van der Waals surface area contributed by atoms with Crippen LogP contribution in [0.4, 0.5) is 0 Å². The first-order chi connectivity index (χ1) is 12.8.